The average Bonchev–Trinajstić information content (AvgIpc) is 2.53. The highest BCUT2D eigenvalue weighted by Crippen LogP contribution is 2.34. The van der Waals surface area contributed by atoms with Crippen molar-refractivity contribution in [3.05, 3.63) is 0 Å². The fourth-order valence-corrected chi connectivity index (χ4v) is 2.57. The Morgan fingerprint density at radius 3 is 2.38 bits per heavy atom. The molecule has 1 N–H and O–H groups in total. The Kier molecular flexibility index (Phi) is 5.87. The monoisotopic (exact) mass is 224 g/mol. The molecule has 1 saturated carbocycles. The summed E-state index contributed by atoms with van der Waals surface area (Å²) in [6.07, 6.45) is 6.92. The summed E-state index contributed by atoms with van der Waals surface area (Å²) in [5.41, 5.74) is -0.324. The molecule has 1 unspecified atom stereocenters. The first-order chi connectivity index (χ1) is 7.75. The highest BCUT2D eigenvalue weighted by atomic mass is 16.5. The average molecular weight is 224 g/mol. The van der Waals surface area contributed by atoms with Crippen LogP contribution in [0.25, 0.3) is 0 Å². The van der Waals surface area contributed by atoms with Gasteiger partial charge in [0, 0.05) is 13.0 Å². The molecule has 2 heteroatoms. The van der Waals surface area contributed by atoms with Crippen LogP contribution < -0.4 is 0 Å². The van der Waals surface area contributed by atoms with Gasteiger partial charge in [-0.3, -0.25) is 0 Å². The summed E-state index contributed by atoms with van der Waals surface area (Å²) in [7, 11) is 0. The molecule has 16 heavy (non-hydrogen) atoms. The summed E-state index contributed by atoms with van der Waals surface area (Å²) in [5, 5.41) is 10.3. The standard InChI is InChI=1S/C14H24O2/c1-3-5-10-13(15)14(16-4-2)11-8-6-7-9-12-14/h13,15H,4,6-12H2,1-2H3. The van der Waals surface area contributed by atoms with Crippen molar-refractivity contribution in [1.29, 1.82) is 0 Å². The molecule has 0 aliphatic heterocycles. The molecule has 0 aromatic rings. The zero-order valence-corrected chi connectivity index (χ0v) is 10.6. The number of hydrogen-bond acceptors (Lipinski definition) is 2. The molecule has 0 heterocycles. The molecule has 0 bridgehead atoms. The first-order valence-electron chi connectivity index (χ1n) is 6.47. The van der Waals surface area contributed by atoms with Crippen LogP contribution in [0.15, 0.2) is 0 Å². The Labute approximate surface area is 99.4 Å². The predicted molar refractivity (Wildman–Crippen MR) is 66.1 cm³/mol. The number of rotatable bonds is 4. The third-order valence-corrected chi connectivity index (χ3v) is 3.46. The molecular formula is C14H24O2. The van der Waals surface area contributed by atoms with Crippen LogP contribution >= 0.6 is 0 Å². The maximum Gasteiger partial charge on any atom is 0.0949 e. The summed E-state index contributed by atoms with van der Waals surface area (Å²) >= 11 is 0. The summed E-state index contributed by atoms with van der Waals surface area (Å²) in [6.45, 7) is 4.49. The summed E-state index contributed by atoms with van der Waals surface area (Å²) in [5.74, 6) is 5.82. The minimum Gasteiger partial charge on any atom is -0.389 e. The second-order valence-corrected chi connectivity index (χ2v) is 4.56. The lowest BCUT2D eigenvalue weighted by Crippen LogP contribution is -2.44. The molecule has 1 aliphatic carbocycles. The van der Waals surface area contributed by atoms with E-state index in [-0.39, 0.29) is 5.60 Å². The lowest BCUT2D eigenvalue weighted by Gasteiger charge is -2.36. The van der Waals surface area contributed by atoms with E-state index in [1.807, 2.05) is 13.8 Å². The zero-order chi connectivity index (χ0) is 11.9. The van der Waals surface area contributed by atoms with Gasteiger partial charge in [-0.2, -0.15) is 0 Å². The fraction of sp³-hybridized carbons (Fsp3) is 0.857. The third-order valence-electron chi connectivity index (χ3n) is 3.46. The Morgan fingerprint density at radius 1 is 1.25 bits per heavy atom. The first kappa shape index (κ1) is 13.5. The minimum absolute atomic E-state index is 0.324. The molecule has 0 saturated heterocycles. The van der Waals surface area contributed by atoms with Crippen molar-refractivity contribution in [2.75, 3.05) is 6.61 Å². The van der Waals surface area contributed by atoms with Crippen molar-refractivity contribution in [3.8, 4) is 11.8 Å². The number of ether oxygens (including phenoxy) is 1. The summed E-state index contributed by atoms with van der Waals surface area (Å²) < 4.78 is 5.89. The van der Waals surface area contributed by atoms with Gasteiger partial charge in [0.05, 0.1) is 11.7 Å². The van der Waals surface area contributed by atoms with Gasteiger partial charge in [-0.15, -0.1) is 11.8 Å². The van der Waals surface area contributed by atoms with Crippen LogP contribution in [0.2, 0.25) is 0 Å². The predicted octanol–water partition coefficient (Wildman–Crippen LogP) is 2.89. The second kappa shape index (κ2) is 6.93. The maximum absolute atomic E-state index is 10.3. The third kappa shape index (κ3) is 3.50. The number of aliphatic hydroxyl groups is 1. The Hall–Kier alpha value is -0.520. The van der Waals surface area contributed by atoms with Gasteiger partial charge in [0.2, 0.25) is 0 Å². The van der Waals surface area contributed by atoms with Gasteiger partial charge in [0.15, 0.2) is 0 Å². The van der Waals surface area contributed by atoms with E-state index in [2.05, 4.69) is 11.8 Å². The van der Waals surface area contributed by atoms with Crippen LogP contribution in [0.5, 0.6) is 0 Å². The van der Waals surface area contributed by atoms with Gasteiger partial charge in [-0.25, -0.2) is 0 Å². The zero-order valence-electron chi connectivity index (χ0n) is 10.6. The number of hydrogen-bond donors (Lipinski definition) is 1. The highest BCUT2D eigenvalue weighted by molar-refractivity contribution is 5.02. The minimum atomic E-state index is -0.432. The van der Waals surface area contributed by atoms with E-state index in [4.69, 9.17) is 4.74 Å². The molecule has 0 spiro atoms. The Balaban J connectivity index is 2.70. The molecule has 1 aliphatic rings. The van der Waals surface area contributed by atoms with Crippen molar-refractivity contribution in [2.45, 2.75) is 70.5 Å². The van der Waals surface area contributed by atoms with E-state index in [1.54, 1.807) is 0 Å². The topological polar surface area (TPSA) is 29.5 Å². The van der Waals surface area contributed by atoms with Crippen LogP contribution in [-0.4, -0.2) is 23.4 Å². The van der Waals surface area contributed by atoms with E-state index in [0.29, 0.717) is 13.0 Å². The molecule has 0 amide bonds. The van der Waals surface area contributed by atoms with Crippen LogP contribution in [0.4, 0.5) is 0 Å². The normalized spacial score (nSPS) is 21.7. The van der Waals surface area contributed by atoms with Gasteiger partial charge in [-0.1, -0.05) is 25.7 Å². The molecule has 1 rings (SSSR count). The molecule has 92 valence electrons. The Morgan fingerprint density at radius 2 is 1.88 bits per heavy atom. The largest absolute Gasteiger partial charge is 0.389 e. The molecular weight excluding hydrogens is 200 g/mol. The summed E-state index contributed by atoms with van der Waals surface area (Å²) in [4.78, 5) is 0. The van der Waals surface area contributed by atoms with Gasteiger partial charge in [-0.05, 0) is 26.7 Å². The Bertz CT molecular complexity index is 241. The van der Waals surface area contributed by atoms with Gasteiger partial charge in [0.1, 0.15) is 0 Å². The van der Waals surface area contributed by atoms with Crippen molar-refractivity contribution >= 4 is 0 Å². The smallest absolute Gasteiger partial charge is 0.0949 e. The van der Waals surface area contributed by atoms with E-state index in [9.17, 15) is 5.11 Å². The van der Waals surface area contributed by atoms with E-state index in [1.165, 1.54) is 12.8 Å². The highest BCUT2D eigenvalue weighted by Gasteiger charge is 2.38. The second-order valence-electron chi connectivity index (χ2n) is 4.56. The SMILES string of the molecule is CC#CCC(O)C1(OCC)CCCCCC1. The first-order valence-corrected chi connectivity index (χ1v) is 6.47. The van der Waals surface area contributed by atoms with Crippen LogP contribution in [0.1, 0.15) is 58.8 Å². The van der Waals surface area contributed by atoms with E-state index < -0.39 is 6.10 Å². The van der Waals surface area contributed by atoms with Gasteiger partial charge in [0.25, 0.3) is 0 Å². The fourth-order valence-electron chi connectivity index (χ4n) is 2.57. The van der Waals surface area contributed by atoms with Crippen LogP contribution in [0, 0.1) is 11.8 Å². The van der Waals surface area contributed by atoms with Crippen LogP contribution in [0.3, 0.4) is 0 Å². The van der Waals surface area contributed by atoms with E-state index >= 15 is 0 Å². The molecule has 0 aromatic heterocycles. The van der Waals surface area contributed by atoms with Crippen molar-refractivity contribution in [3.63, 3.8) is 0 Å². The molecule has 1 fully saturated rings. The van der Waals surface area contributed by atoms with Gasteiger partial charge >= 0.3 is 0 Å². The van der Waals surface area contributed by atoms with Crippen LogP contribution in [-0.2, 0) is 4.74 Å². The molecule has 0 radical (unpaired) electrons. The lowest BCUT2D eigenvalue weighted by atomic mass is 9.86. The molecule has 2 nitrogen and oxygen atoms in total. The van der Waals surface area contributed by atoms with Crippen molar-refractivity contribution in [1.82, 2.24) is 0 Å². The quantitative estimate of drug-likeness (QED) is 0.587. The summed E-state index contributed by atoms with van der Waals surface area (Å²) in [6, 6.07) is 0. The molecule has 0 aromatic carbocycles. The number of aliphatic hydroxyl groups excluding tert-OH is 1. The van der Waals surface area contributed by atoms with Crippen molar-refractivity contribution < 1.29 is 9.84 Å². The van der Waals surface area contributed by atoms with Gasteiger partial charge < -0.3 is 9.84 Å². The maximum atomic E-state index is 10.3. The van der Waals surface area contributed by atoms with E-state index in [0.717, 1.165) is 25.7 Å². The molecule has 1 atom stereocenters. The lowest BCUT2D eigenvalue weighted by molar-refractivity contribution is -0.126. The van der Waals surface area contributed by atoms with Crippen molar-refractivity contribution in [2.24, 2.45) is 0 Å².